The van der Waals surface area contributed by atoms with Crippen molar-refractivity contribution in [1.29, 1.82) is 0 Å². The number of carboxylic acids is 1. The lowest BCUT2D eigenvalue weighted by Gasteiger charge is -2.13. The highest BCUT2D eigenvalue weighted by Gasteiger charge is 2.06. The standard InChI is InChI=1S/C11H13NO3/c1-6-4-9(11(14)15)5-7(2)10(6)12-8(3)13/h4-5H,1-3H3,(H,12,13)(H,14,15)/p-1. The SMILES string of the molecule is CC(=O)Nc1c(C)cc(C(=O)[O-])cc1C. The van der Waals surface area contributed by atoms with E-state index >= 15 is 0 Å². The Balaban J connectivity index is 3.21. The molecule has 0 aromatic heterocycles. The van der Waals surface area contributed by atoms with Gasteiger partial charge in [-0.15, -0.1) is 0 Å². The third-order valence-corrected chi connectivity index (χ3v) is 2.07. The minimum atomic E-state index is -1.21. The van der Waals surface area contributed by atoms with Gasteiger partial charge in [-0.1, -0.05) is 0 Å². The van der Waals surface area contributed by atoms with Crippen molar-refractivity contribution in [2.75, 3.05) is 5.32 Å². The number of anilines is 1. The van der Waals surface area contributed by atoms with Crippen LogP contribution in [0.2, 0.25) is 0 Å². The second-order valence-corrected chi connectivity index (χ2v) is 3.45. The molecule has 0 bridgehead atoms. The van der Waals surface area contributed by atoms with Crippen LogP contribution in [-0.2, 0) is 4.79 Å². The van der Waals surface area contributed by atoms with Crippen LogP contribution in [0.1, 0.15) is 28.4 Å². The second kappa shape index (κ2) is 4.13. The lowest BCUT2D eigenvalue weighted by Crippen LogP contribution is -2.22. The highest BCUT2D eigenvalue weighted by atomic mass is 16.4. The molecule has 0 saturated carbocycles. The monoisotopic (exact) mass is 206 g/mol. The summed E-state index contributed by atoms with van der Waals surface area (Å²) in [5.41, 5.74) is 2.21. The number of hydrogen-bond acceptors (Lipinski definition) is 3. The zero-order valence-corrected chi connectivity index (χ0v) is 8.88. The molecule has 0 atom stereocenters. The van der Waals surface area contributed by atoms with Gasteiger partial charge >= 0.3 is 0 Å². The average Bonchev–Trinajstić information content (AvgIpc) is 2.10. The van der Waals surface area contributed by atoms with Crippen LogP contribution < -0.4 is 10.4 Å². The van der Waals surface area contributed by atoms with E-state index in [1.807, 2.05) is 0 Å². The molecule has 15 heavy (non-hydrogen) atoms. The molecule has 0 unspecified atom stereocenters. The molecule has 0 saturated heterocycles. The van der Waals surface area contributed by atoms with Crippen LogP contribution in [0.15, 0.2) is 12.1 Å². The van der Waals surface area contributed by atoms with Crippen LogP contribution in [0.4, 0.5) is 5.69 Å². The Morgan fingerprint density at radius 3 is 2.00 bits per heavy atom. The zero-order valence-electron chi connectivity index (χ0n) is 8.88. The van der Waals surface area contributed by atoms with Crippen LogP contribution in [-0.4, -0.2) is 11.9 Å². The van der Waals surface area contributed by atoms with Gasteiger partial charge in [-0.05, 0) is 42.7 Å². The fourth-order valence-electron chi connectivity index (χ4n) is 1.45. The zero-order chi connectivity index (χ0) is 11.6. The molecule has 0 aliphatic rings. The fraction of sp³-hybridized carbons (Fsp3) is 0.273. The molecule has 1 N–H and O–H groups in total. The summed E-state index contributed by atoms with van der Waals surface area (Å²) in [5.74, 6) is -1.39. The molecule has 0 radical (unpaired) electrons. The Morgan fingerprint density at radius 2 is 1.67 bits per heavy atom. The van der Waals surface area contributed by atoms with Crippen LogP contribution in [0.3, 0.4) is 0 Å². The van der Waals surface area contributed by atoms with Crippen molar-refractivity contribution in [3.05, 3.63) is 28.8 Å². The van der Waals surface area contributed by atoms with E-state index in [4.69, 9.17) is 0 Å². The first-order valence-electron chi connectivity index (χ1n) is 4.52. The van der Waals surface area contributed by atoms with Crippen LogP contribution in [0.5, 0.6) is 0 Å². The van der Waals surface area contributed by atoms with Crippen LogP contribution in [0, 0.1) is 13.8 Å². The molecular formula is C11H12NO3-. The lowest BCUT2D eigenvalue weighted by molar-refractivity contribution is -0.255. The molecule has 1 amide bonds. The summed E-state index contributed by atoms with van der Waals surface area (Å²) in [6.45, 7) is 4.89. The Bertz CT molecular complexity index is 401. The smallest absolute Gasteiger partial charge is 0.221 e. The fourth-order valence-corrected chi connectivity index (χ4v) is 1.45. The van der Waals surface area contributed by atoms with E-state index in [0.717, 1.165) is 0 Å². The van der Waals surface area contributed by atoms with Crippen molar-refractivity contribution < 1.29 is 14.7 Å². The van der Waals surface area contributed by atoms with Crippen molar-refractivity contribution in [2.45, 2.75) is 20.8 Å². The number of carbonyl (C=O) groups is 2. The number of benzene rings is 1. The highest BCUT2D eigenvalue weighted by Crippen LogP contribution is 2.21. The molecule has 0 heterocycles. The van der Waals surface area contributed by atoms with Gasteiger partial charge in [0.15, 0.2) is 0 Å². The molecule has 4 heteroatoms. The van der Waals surface area contributed by atoms with Crippen molar-refractivity contribution in [2.24, 2.45) is 0 Å². The maximum Gasteiger partial charge on any atom is 0.221 e. The Labute approximate surface area is 87.9 Å². The summed E-state index contributed by atoms with van der Waals surface area (Å²) in [5, 5.41) is 13.3. The largest absolute Gasteiger partial charge is 0.545 e. The van der Waals surface area contributed by atoms with Crippen LogP contribution in [0.25, 0.3) is 0 Å². The van der Waals surface area contributed by atoms with Crippen molar-refractivity contribution in [3.63, 3.8) is 0 Å². The molecule has 0 aliphatic carbocycles. The third-order valence-electron chi connectivity index (χ3n) is 2.07. The predicted octanol–water partition coefficient (Wildman–Crippen LogP) is 0.625. The van der Waals surface area contributed by atoms with Crippen molar-refractivity contribution in [3.8, 4) is 0 Å². The van der Waals surface area contributed by atoms with Gasteiger partial charge in [0.25, 0.3) is 0 Å². The van der Waals surface area contributed by atoms with Crippen LogP contribution >= 0.6 is 0 Å². The average molecular weight is 206 g/mol. The Kier molecular flexibility index (Phi) is 3.09. The minimum absolute atomic E-state index is 0.124. The number of nitrogens with one attached hydrogen (secondary N) is 1. The summed E-state index contributed by atoms with van der Waals surface area (Å²) < 4.78 is 0. The third kappa shape index (κ3) is 2.56. The van der Waals surface area contributed by atoms with E-state index in [2.05, 4.69) is 5.32 Å². The number of rotatable bonds is 2. The van der Waals surface area contributed by atoms with Crippen molar-refractivity contribution >= 4 is 17.6 Å². The normalized spacial score (nSPS) is 9.80. The Hall–Kier alpha value is -1.84. The van der Waals surface area contributed by atoms with E-state index in [1.165, 1.54) is 19.1 Å². The van der Waals surface area contributed by atoms with E-state index in [0.29, 0.717) is 16.8 Å². The number of aromatic carboxylic acids is 1. The molecular weight excluding hydrogens is 194 g/mol. The molecule has 1 aromatic carbocycles. The van der Waals surface area contributed by atoms with Gasteiger partial charge in [-0.3, -0.25) is 4.79 Å². The Morgan fingerprint density at radius 1 is 1.20 bits per heavy atom. The maximum absolute atomic E-state index is 10.9. The van der Waals surface area contributed by atoms with Gasteiger partial charge in [-0.25, -0.2) is 0 Å². The molecule has 1 rings (SSSR count). The predicted molar refractivity (Wildman–Crippen MR) is 54.6 cm³/mol. The quantitative estimate of drug-likeness (QED) is 0.771. The summed E-state index contributed by atoms with van der Waals surface area (Å²) in [6.07, 6.45) is 0. The van der Waals surface area contributed by atoms with E-state index in [-0.39, 0.29) is 11.5 Å². The number of amides is 1. The van der Waals surface area contributed by atoms with Gasteiger partial charge in [0.05, 0.1) is 5.97 Å². The summed E-state index contributed by atoms with van der Waals surface area (Å²) in [4.78, 5) is 21.5. The summed E-state index contributed by atoms with van der Waals surface area (Å²) >= 11 is 0. The lowest BCUT2D eigenvalue weighted by atomic mass is 10.0. The topological polar surface area (TPSA) is 69.2 Å². The summed E-state index contributed by atoms with van der Waals surface area (Å²) in [7, 11) is 0. The maximum atomic E-state index is 10.9. The van der Waals surface area contributed by atoms with Gasteiger partial charge in [0.1, 0.15) is 0 Å². The molecule has 0 spiro atoms. The molecule has 4 nitrogen and oxygen atoms in total. The summed E-state index contributed by atoms with van der Waals surface area (Å²) in [6, 6.07) is 2.96. The van der Waals surface area contributed by atoms with Gasteiger partial charge in [0, 0.05) is 12.6 Å². The highest BCUT2D eigenvalue weighted by molar-refractivity contribution is 5.93. The number of aryl methyl sites for hydroxylation is 2. The number of hydrogen-bond donors (Lipinski definition) is 1. The van der Waals surface area contributed by atoms with Gasteiger partial charge in [0.2, 0.25) is 5.91 Å². The number of carboxylic acid groups (broad SMARTS) is 1. The van der Waals surface area contributed by atoms with E-state index < -0.39 is 5.97 Å². The molecule has 0 fully saturated rings. The van der Waals surface area contributed by atoms with Gasteiger partial charge < -0.3 is 15.2 Å². The molecule has 0 aliphatic heterocycles. The van der Waals surface area contributed by atoms with E-state index in [9.17, 15) is 14.7 Å². The molecule has 80 valence electrons. The number of carbonyl (C=O) groups excluding carboxylic acids is 2. The molecule has 1 aromatic rings. The van der Waals surface area contributed by atoms with Crippen molar-refractivity contribution in [1.82, 2.24) is 0 Å². The van der Waals surface area contributed by atoms with Gasteiger partial charge in [-0.2, -0.15) is 0 Å². The first-order valence-corrected chi connectivity index (χ1v) is 4.52. The first kappa shape index (κ1) is 11.2. The second-order valence-electron chi connectivity index (χ2n) is 3.45. The first-order chi connectivity index (χ1) is 6.91. The van der Waals surface area contributed by atoms with E-state index in [1.54, 1.807) is 13.8 Å². The minimum Gasteiger partial charge on any atom is -0.545 e.